The molecule has 1 fully saturated rings. The highest BCUT2D eigenvalue weighted by molar-refractivity contribution is 6.31. The quantitative estimate of drug-likeness (QED) is 0.797. The summed E-state index contributed by atoms with van der Waals surface area (Å²) in [6.07, 6.45) is 1.94. The first-order valence-corrected chi connectivity index (χ1v) is 9.10. The van der Waals surface area contributed by atoms with Crippen LogP contribution in [0.25, 0.3) is 0 Å². The maximum atomic E-state index is 13.3. The van der Waals surface area contributed by atoms with Crippen molar-refractivity contribution in [2.75, 3.05) is 32.6 Å². The average molecular weight is 393 g/mol. The molecule has 1 N–H and O–H groups in total. The van der Waals surface area contributed by atoms with Gasteiger partial charge in [0.05, 0.1) is 25.8 Å². The molecule has 3 rings (SSSR count). The van der Waals surface area contributed by atoms with Gasteiger partial charge in [-0.1, -0.05) is 17.7 Å². The highest BCUT2D eigenvalue weighted by Crippen LogP contribution is 2.38. The van der Waals surface area contributed by atoms with Crippen LogP contribution in [-0.4, -0.2) is 38.1 Å². The number of halogens is 2. The van der Waals surface area contributed by atoms with Gasteiger partial charge in [0.15, 0.2) is 0 Å². The van der Waals surface area contributed by atoms with Crippen LogP contribution in [0.1, 0.15) is 24.4 Å². The molecule has 1 aliphatic heterocycles. The summed E-state index contributed by atoms with van der Waals surface area (Å²) in [5.41, 5.74) is 1.51. The van der Waals surface area contributed by atoms with Gasteiger partial charge in [-0.25, -0.2) is 4.39 Å². The smallest absolute Gasteiger partial charge is 0.238 e. The Morgan fingerprint density at radius 1 is 1.26 bits per heavy atom. The number of carbonyl (C=O) groups excluding carboxylic acids is 1. The molecule has 1 aliphatic rings. The molecule has 7 heteroatoms. The summed E-state index contributed by atoms with van der Waals surface area (Å²) in [7, 11) is 3.24. The number of anilines is 1. The lowest BCUT2D eigenvalue weighted by Gasteiger charge is -2.26. The number of benzene rings is 2. The maximum absolute atomic E-state index is 13.3. The fourth-order valence-electron chi connectivity index (χ4n) is 3.42. The van der Waals surface area contributed by atoms with Crippen LogP contribution in [0.4, 0.5) is 10.1 Å². The van der Waals surface area contributed by atoms with Crippen LogP contribution in [-0.2, 0) is 4.79 Å². The van der Waals surface area contributed by atoms with Crippen molar-refractivity contribution in [2.45, 2.75) is 18.9 Å². The molecule has 1 saturated heterocycles. The Balaban J connectivity index is 1.71. The third-order valence-corrected chi connectivity index (χ3v) is 5.00. The second kappa shape index (κ2) is 8.59. The van der Waals surface area contributed by atoms with Crippen molar-refractivity contribution in [1.29, 1.82) is 0 Å². The second-order valence-corrected chi connectivity index (χ2v) is 6.82. The third kappa shape index (κ3) is 4.51. The zero-order valence-corrected chi connectivity index (χ0v) is 16.1. The van der Waals surface area contributed by atoms with Crippen LogP contribution in [0.15, 0.2) is 36.4 Å². The summed E-state index contributed by atoms with van der Waals surface area (Å²) in [5.74, 6) is 0.793. The molecule has 0 aromatic heterocycles. The molecule has 1 atom stereocenters. The van der Waals surface area contributed by atoms with Crippen molar-refractivity contribution in [3.05, 3.63) is 52.8 Å². The minimum absolute atomic E-state index is 0.0187. The number of rotatable bonds is 6. The highest BCUT2D eigenvalue weighted by atomic mass is 35.5. The Bertz CT molecular complexity index is 831. The van der Waals surface area contributed by atoms with Gasteiger partial charge in [0, 0.05) is 23.4 Å². The normalized spacial score (nSPS) is 17.0. The van der Waals surface area contributed by atoms with Gasteiger partial charge in [0.1, 0.15) is 17.3 Å². The molecule has 0 unspecified atom stereocenters. The molecule has 0 aliphatic carbocycles. The van der Waals surface area contributed by atoms with Gasteiger partial charge in [0.25, 0.3) is 0 Å². The number of ether oxygens (including phenoxy) is 2. The minimum atomic E-state index is -0.513. The van der Waals surface area contributed by atoms with Crippen molar-refractivity contribution >= 4 is 23.2 Å². The van der Waals surface area contributed by atoms with E-state index in [0.717, 1.165) is 36.4 Å². The fourth-order valence-corrected chi connectivity index (χ4v) is 3.60. The van der Waals surface area contributed by atoms with Gasteiger partial charge in [-0.05, 0) is 43.7 Å². The van der Waals surface area contributed by atoms with Crippen LogP contribution in [0.2, 0.25) is 5.02 Å². The number of hydrogen-bond donors (Lipinski definition) is 1. The largest absolute Gasteiger partial charge is 0.497 e. The lowest BCUT2D eigenvalue weighted by molar-refractivity contribution is -0.117. The number of carbonyl (C=O) groups is 1. The number of hydrogen-bond acceptors (Lipinski definition) is 4. The molecule has 27 heavy (non-hydrogen) atoms. The molecule has 5 nitrogen and oxygen atoms in total. The van der Waals surface area contributed by atoms with Crippen molar-refractivity contribution in [2.24, 2.45) is 0 Å². The minimum Gasteiger partial charge on any atom is -0.497 e. The summed E-state index contributed by atoms with van der Waals surface area (Å²) < 4.78 is 24.0. The maximum Gasteiger partial charge on any atom is 0.238 e. The molecular weight excluding hydrogens is 371 g/mol. The van der Waals surface area contributed by atoms with E-state index in [1.54, 1.807) is 14.2 Å². The molecule has 2 aromatic carbocycles. The first-order chi connectivity index (χ1) is 13.0. The summed E-state index contributed by atoms with van der Waals surface area (Å²) in [5, 5.41) is 2.75. The molecule has 0 spiro atoms. The molecule has 0 saturated carbocycles. The molecule has 0 radical (unpaired) electrons. The van der Waals surface area contributed by atoms with E-state index in [1.807, 2.05) is 18.2 Å². The summed E-state index contributed by atoms with van der Waals surface area (Å²) in [4.78, 5) is 14.6. The Kier molecular flexibility index (Phi) is 6.19. The van der Waals surface area contributed by atoms with Crippen molar-refractivity contribution in [1.82, 2.24) is 4.90 Å². The number of likely N-dealkylation sites (tertiary alicyclic amines) is 1. The van der Waals surface area contributed by atoms with Gasteiger partial charge in [-0.2, -0.15) is 0 Å². The van der Waals surface area contributed by atoms with Crippen molar-refractivity contribution in [3.8, 4) is 11.5 Å². The van der Waals surface area contributed by atoms with Gasteiger partial charge in [0.2, 0.25) is 5.91 Å². The average Bonchev–Trinajstić information content (AvgIpc) is 3.11. The first kappa shape index (κ1) is 19.5. The van der Waals surface area contributed by atoms with E-state index >= 15 is 0 Å². The topological polar surface area (TPSA) is 50.8 Å². The summed E-state index contributed by atoms with van der Waals surface area (Å²) in [6.45, 7) is 1.05. The standard InChI is InChI=1S/C20H22ClFN2O3/c1-26-14-6-7-15(19(11-14)27-2)18-4-3-9-24(18)12-20(25)23-13-5-8-17(22)16(21)10-13/h5-8,10-11,18H,3-4,9,12H2,1-2H3,(H,23,25)/t18-/m1/s1. The predicted molar refractivity (Wildman–Crippen MR) is 103 cm³/mol. The Hall–Kier alpha value is -2.31. The SMILES string of the molecule is COc1ccc([C@H]2CCCN2CC(=O)Nc2ccc(F)c(Cl)c2)c(OC)c1. The van der Waals surface area contributed by atoms with E-state index in [1.165, 1.54) is 18.2 Å². The fraction of sp³-hybridized carbons (Fsp3) is 0.350. The van der Waals surface area contributed by atoms with E-state index < -0.39 is 5.82 Å². The van der Waals surface area contributed by atoms with E-state index in [2.05, 4.69) is 10.2 Å². The zero-order valence-electron chi connectivity index (χ0n) is 15.3. The van der Waals surface area contributed by atoms with Crippen molar-refractivity contribution < 1.29 is 18.7 Å². The summed E-state index contributed by atoms with van der Waals surface area (Å²) >= 11 is 5.77. The third-order valence-electron chi connectivity index (χ3n) is 4.71. The van der Waals surface area contributed by atoms with Gasteiger partial charge in [-0.3, -0.25) is 9.69 Å². The molecular formula is C20H22ClFN2O3. The van der Waals surface area contributed by atoms with E-state index in [9.17, 15) is 9.18 Å². The molecule has 1 heterocycles. The van der Waals surface area contributed by atoms with Gasteiger partial charge < -0.3 is 14.8 Å². The predicted octanol–water partition coefficient (Wildman–Crippen LogP) is 4.27. The van der Waals surface area contributed by atoms with Crippen LogP contribution in [0.5, 0.6) is 11.5 Å². The number of methoxy groups -OCH3 is 2. The van der Waals surface area contributed by atoms with Crippen LogP contribution in [0.3, 0.4) is 0 Å². The van der Waals surface area contributed by atoms with E-state index in [-0.39, 0.29) is 23.5 Å². The Morgan fingerprint density at radius 2 is 2.07 bits per heavy atom. The number of nitrogens with one attached hydrogen (secondary N) is 1. The van der Waals surface area contributed by atoms with Crippen LogP contribution >= 0.6 is 11.6 Å². The molecule has 0 bridgehead atoms. The first-order valence-electron chi connectivity index (χ1n) is 8.72. The van der Waals surface area contributed by atoms with E-state index in [0.29, 0.717) is 5.69 Å². The Labute approximate surface area is 163 Å². The summed E-state index contributed by atoms with van der Waals surface area (Å²) in [6, 6.07) is 9.96. The molecule has 144 valence electrons. The highest BCUT2D eigenvalue weighted by Gasteiger charge is 2.30. The van der Waals surface area contributed by atoms with Crippen LogP contribution in [0, 0.1) is 5.82 Å². The zero-order chi connectivity index (χ0) is 19.4. The van der Waals surface area contributed by atoms with E-state index in [4.69, 9.17) is 21.1 Å². The van der Waals surface area contributed by atoms with Gasteiger partial charge >= 0.3 is 0 Å². The molecule has 2 aromatic rings. The van der Waals surface area contributed by atoms with Crippen molar-refractivity contribution in [3.63, 3.8) is 0 Å². The number of amides is 1. The lowest BCUT2D eigenvalue weighted by Crippen LogP contribution is -2.33. The molecule has 1 amide bonds. The Morgan fingerprint density at radius 3 is 2.78 bits per heavy atom. The second-order valence-electron chi connectivity index (χ2n) is 6.41. The monoisotopic (exact) mass is 392 g/mol. The van der Waals surface area contributed by atoms with Gasteiger partial charge in [-0.15, -0.1) is 0 Å². The number of nitrogens with zero attached hydrogens (tertiary/aromatic N) is 1. The van der Waals surface area contributed by atoms with Crippen LogP contribution < -0.4 is 14.8 Å². The lowest BCUT2D eigenvalue weighted by atomic mass is 10.0.